The molecular weight excluding hydrogens is 550 g/mol. The summed E-state index contributed by atoms with van der Waals surface area (Å²) in [6, 6.07) is 0. The van der Waals surface area contributed by atoms with Crippen LogP contribution in [0.3, 0.4) is 0 Å². The molecule has 0 amide bonds. The third kappa shape index (κ3) is 36.5. The van der Waals surface area contributed by atoms with E-state index in [1.165, 1.54) is 0 Å². The molecule has 0 aliphatic rings. The summed E-state index contributed by atoms with van der Waals surface area (Å²) in [4.78, 5) is 0. The Morgan fingerprint density at radius 3 is 0.700 bits per heavy atom. The molecule has 0 aliphatic heterocycles. The highest BCUT2D eigenvalue weighted by Gasteiger charge is 2.13. The van der Waals surface area contributed by atoms with Gasteiger partial charge in [-0.3, -0.25) is 0 Å². The van der Waals surface area contributed by atoms with Gasteiger partial charge in [0.25, 0.3) is 0 Å². The third-order valence-corrected chi connectivity index (χ3v) is 2.55. The van der Waals surface area contributed by atoms with Crippen molar-refractivity contribution in [1.82, 2.24) is 0 Å². The highest BCUT2D eigenvalue weighted by molar-refractivity contribution is 4.52. The highest BCUT2D eigenvalue weighted by atomic mass is 79.9. The molecule has 0 aromatic carbocycles. The Morgan fingerprint density at radius 1 is 0.325 bits per heavy atom. The molecule has 0 saturated carbocycles. The first kappa shape index (κ1) is 4.98. The van der Waals surface area contributed by atoms with Crippen molar-refractivity contribution < 1.29 is 123 Å². The lowest BCUT2D eigenvalue weighted by Gasteiger charge is -2.30. The van der Waals surface area contributed by atoms with Crippen LogP contribution in [-0.4, -0.2) is 31.6 Å². The van der Waals surface area contributed by atoms with Crippen LogP contribution < -0.4 is 17.0 Å². The first-order valence-corrected chi connectivity index (χ1v) is 9.84. The summed E-state index contributed by atoms with van der Waals surface area (Å²) < 4.78 is 614. The maximum absolute atomic E-state index is 8.88. The Morgan fingerprint density at radius 2 is 0.500 bits per heavy atom. The zero-order valence-corrected chi connectivity index (χ0v) is 22.4. The molecule has 1 nitrogen and oxygen atoms in total. The number of hydrogen-bond donors (Lipinski definition) is 0. The SMILES string of the molecule is [2H]C([2H])([2H])C([2H])([2H])C([2H])([2H])C([2H])([2H])C([2H])([2H])C([2H])([2H])C([2H])([2H])C([2H])([2H])C([2H])([2H])C([2H])([2H])C([2H])([2H])C([2H])([2H])C([2H])([2H])C([2H])([2H])C([2H])([2H])C([2H])([2H])C([2H])([2H])C([2H])([2H])[N+](C)(C)C([2H])([2H])C([2H])([2H])C([2H])([2H])C([2H])([2H])C([2H])([2H])C([2H])([2H])C([2H])([2H])C([2H])([2H])C([2H])([2H])C([2H])([2H])C([2H])([2H])C([2H])([2H])C([2H])([2H])C([2H])([2H])C([2H])([2H])C([2H])([2H])C([2H])([2H])C([2H])([2H])[2H].[Br-]. The van der Waals surface area contributed by atoms with Gasteiger partial charge >= 0.3 is 0 Å². The normalized spacial score (nSPS) is 52.0. The van der Waals surface area contributed by atoms with Crippen molar-refractivity contribution in [1.29, 1.82) is 0 Å². The minimum atomic E-state index is -5.69. The van der Waals surface area contributed by atoms with E-state index in [0.717, 1.165) is 0 Å². The Hall–Kier alpha value is 0.440. The van der Waals surface area contributed by atoms with Crippen molar-refractivity contribution in [2.24, 2.45) is 0 Å². The van der Waals surface area contributed by atoms with Gasteiger partial charge < -0.3 is 21.5 Å². The summed E-state index contributed by atoms with van der Waals surface area (Å²) >= 11 is 0. The van der Waals surface area contributed by atoms with Gasteiger partial charge in [-0.15, -0.1) is 0 Å². The lowest BCUT2D eigenvalue weighted by Crippen LogP contribution is -3.00. The Bertz CT molecular complexity index is 3160. The first-order valence-electron chi connectivity index (χ1n) is 46.8. The molecule has 0 aromatic heterocycles. The van der Waals surface area contributed by atoms with Gasteiger partial charge in [0.15, 0.2) is 0 Å². The topological polar surface area (TPSA) is 0 Å². The second-order valence-electron chi connectivity index (χ2n) is 5.68. The molecule has 0 aliphatic carbocycles. The van der Waals surface area contributed by atoms with E-state index in [1.807, 2.05) is 0 Å². The quantitative estimate of drug-likeness (QED) is 0.0585. The van der Waals surface area contributed by atoms with Gasteiger partial charge in [0.1, 0.15) is 0 Å². The Balaban J connectivity index is 0. The monoisotopic (exact) mass is 704 g/mol. The van der Waals surface area contributed by atoms with E-state index in [2.05, 4.69) is 0 Å². The van der Waals surface area contributed by atoms with Crippen molar-refractivity contribution in [3.8, 4) is 0 Å². The van der Waals surface area contributed by atoms with Gasteiger partial charge in [0.05, 0.1) is 32.6 Å². The standard InChI is InChI=1S/C38H80N.BrH/c1-5-7-9-11-13-15-17-19-21-23-25-27-29-31-33-35-37-39(3,4)38-36-34-32-30-28-26-24-22-20-18-16-14-12-10-8-6-2;/h5-38H2,1-4H3;1H/q+1;/p-1/i1D3,2D3,5D2,6D2,7D2,8D2,9D2,10D2,11D2,12D2,13D2,14D2,15D2,16D2,17D2,18D2,19D2,20D2,21D2,22D2,23D2,24D2,25D2,26D2,27D2,28D2,29D2,30D2,31D2,32D2,33D2,34D2,35D2,36D2,37D2,38D2;. The number of nitrogens with zero attached hydrogens (tertiary/aromatic N) is 1. The second kappa shape index (κ2) is 35.6. The molecule has 0 unspecified atom stereocenters. The largest absolute Gasteiger partial charge is 1.00 e. The number of hydrogen-bond acceptors (Lipinski definition) is 0. The molecule has 0 spiro atoms. The van der Waals surface area contributed by atoms with E-state index in [4.69, 9.17) is 101 Å². The van der Waals surface area contributed by atoms with Gasteiger partial charge in [-0.2, -0.15) is 0 Å². The minimum absolute atomic E-state index is 0. The van der Waals surface area contributed by atoms with E-state index in [9.17, 15) is 0 Å². The molecule has 244 valence electrons. The van der Waals surface area contributed by atoms with Crippen molar-refractivity contribution in [2.75, 3.05) is 27.1 Å². The smallest absolute Gasteiger partial charge is 0.0924 e. The maximum Gasteiger partial charge on any atom is 0.0924 e. The molecular formula is C38H80BrN. The summed E-state index contributed by atoms with van der Waals surface area (Å²) in [5.41, 5.74) is 0. The molecule has 0 fully saturated rings. The number of quaternary nitrogens is 1. The van der Waals surface area contributed by atoms with Crippen LogP contribution in [0.25, 0.3) is 0 Å². The molecule has 2 heteroatoms. The fourth-order valence-corrected chi connectivity index (χ4v) is 1.24. The van der Waals surface area contributed by atoms with Crippen LogP contribution in [0.4, 0.5) is 0 Å². The fraction of sp³-hybridized carbons (Fsp3) is 1.00. The molecule has 0 radical (unpaired) electrons. The van der Waals surface area contributed by atoms with Crippen LogP contribution in [0.1, 0.15) is 319 Å². The van der Waals surface area contributed by atoms with Gasteiger partial charge in [0.2, 0.25) is 0 Å². The predicted molar refractivity (Wildman–Crippen MR) is 181 cm³/mol. The minimum Gasteiger partial charge on any atom is -1.00 e. The Labute approximate surface area is 371 Å². The van der Waals surface area contributed by atoms with E-state index in [1.54, 1.807) is 0 Å². The van der Waals surface area contributed by atoms with E-state index >= 15 is 0 Å². The summed E-state index contributed by atoms with van der Waals surface area (Å²) in [7, 11) is -0.434. The highest BCUT2D eigenvalue weighted by Crippen LogP contribution is 2.16. The van der Waals surface area contributed by atoms with Crippen molar-refractivity contribution in [3.05, 3.63) is 0 Å². The van der Waals surface area contributed by atoms with Crippen LogP contribution in [-0.2, 0) is 0 Å². The molecule has 0 aromatic rings. The van der Waals surface area contributed by atoms with E-state index in [0.29, 0.717) is 0 Å². The summed E-state index contributed by atoms with van der Waals surface area (Å²) in [5.74, 6) is 0. The molecule has 0 heterocycles. The molecule has 0 saturated heterocycles. The molecule has 0 N–H and O–H groups in total. The zero-order valence-electron chi connectivity index (χ0n) is 94.8. The molecule has 0 bridgehead atoms. The summed E-state index contributed by atoms with van der Waals surface area (Å²) in [6.07, 6.45) is -174. The maximum atomic E-state index is 8.88. The first-order chi connectivity index (χ1) is 47.0. The van der Waals surface area contributed by atoms with Crippen molar-refractivity contribution in [3.63, 3.8) is 0 Å². The van der Waals surface area contributed by atoms with Crippen LogP contribution in [0, 0.1) is 0 Å². The van der Waals surface area contributed by atoms with Gasteiger partial charge in [0, 0.05) is 96.0 Å². The van der Waals surface area contributed by atoms with Gasteiger partial charge in [-0.1, -0.05) is 192 Å². The number of rotatable bonds is 34. The lowest BCUT2D eigenvalue weighted by atomic mass is 10.0. The van der Waals surface area contributed by atoms with Gasteiger partial charge in [-0.25, -0.2) is 0 Å². The van der Waals surface area contributed by atoms with Crippen molar-refractivity contribution in [2.45, 2.75) is 218 Å². The summed E-state index contributed by atoms with van der Waals surface area (Å²) in [5, 5.41) is 0. The van der Waals surface area contributed by atoms with Crippen LogP contribution in [0.2, 0.25) is 0 Å². The van der Waals surface area contributed by atoms with Crippen LogP contribution >= 0.6 is 0 Å². The zero-order chi connectivity index (χ0) is 94.5. The van der Waals surface area contributed by atoms with E-state index in [-0.39, 0.29) is 31.1 Å². The third-order valence-electron chi connectivity index (χ3n) is 2.55. The molecule has 40 heavy (non-hydrogen) atoms. The lowest BCUT2D eigenvalue weighted by molar-refractivity contribution is -0.890. The second-order valence-corrected chi connectivity index (χ2v) is 5.68. The number of halogens is 1. The summed E-state index contributed by atoms with van der Waals surface area (Å²) in [6.45, 7) is -19.1. The molecule has 0 rings (SSSR count). The van der Waals surface area contributed by atoms with Crippen LogP contribution in [0.15, 0.2) is 0 Å². The Kier molecular flexibility index (Phi) is 4.43. The van der Waals surface area contributed by atoms with Crippen molar-refractivity contribution >= 4 is 0 Å². The van der Waals surface area contributed by atoms with Gasteiger partial charge in [-0.05, 0) is 25.5 Å². The predicted octanol–water partition coefficient (Wildman–Crippen LogP) is 10.6. The fourth-order valence-electron chi connectivity index (χ4n) is 1.24. The van der Waals surface area contributed by atoms with E-state index < -0.39 is 235 Å². The average Bonchev–Trinajstić information content (AvgIpc) is 0.677. The molecule has 0 atom stereocenters. The van der Waals surface area contributed by atoms with Crippen LogP contribution in [0.5, 0.6) is 0 Å². The average molecular weight is 705 g/mol.